The molecule has 1 amide bonds. The van der Waals surface area contributed by atoms with Crippen LogP contribution in [0.4, 0.5) is 4.39 Å². The minimum atomic E-state index is -1.22. The van der Waals surface area contributed by atoms with E-state index in [4.69, 9.17) is 10.8 Å². The fourth-order valence-electron chi connectivity index (χ4n) is 4.19. The van der Waals surface area contributed by atoms with Crippen LogP contribution in [0.15, 0.2) is 60.7 Å². The van der Waals surface area contributed by atoms with Gasteiger partial charge in [0.1, 0.15) is 11.5 Å². The number of aliphatic hydroxyl groups is 2. The summed E-state index contributed by atoms with van der Waals surface area (Å²) < 4.78 is 15.5. The first kappa shape index (κ1) is 29.5. The zero-order chi connectivity index (χ0) is 25.7. The van der Waals surface area contributed by atoms with E-state index >= 15 is 0 Å². The maximum Gasteiger partial charge on any atom is 1.00 e. The van der Waals surface area contributed by atoms with Crippen molar-refractivity contribution in [2.75, 3.05) is 0 Å². The molecule has 1 aromatic heterocycles. The molecule has 0 radical (unpaired) electrons. The molecular formula is C27H30FN2NaO5. The van der Waals surface area contributed by atoms with Crippen LogP contribution in [0.1, 0.15) is 50.3 Å². The Balaban J connectivity index is 0.00000342. The van der Waals surface area contributed by atoms with E-state index < -0.39 is 36.3 Å². The minimum absolute atomic E-state index is 0. The van der Waals surface area contributed by atoms with Crippen molar-refractivity contribution in [3.63, 3.8) is 0 Å². The van der Waals surface area contributed by atoms with Crippen LogP contribution in [0.2, 0.25) is 0 Å². The summed E-state index contributed by atoms with van der Waals surface area (Å²) in [5.41, 5.74) is 9.29. The van der Waals surface area contributed by atoms with Crippen LogP contribution in [0, 0.1) is 5.82 Å². The second-order valence-electron chi connectivity index (χ2n) is 8.60. The molecule has 0 aliphatic heterocycles. The van der Waals surface area contributed by atoms with Crippen molar-refractivity contribution >= 4 is 18.0 Å². The number of aliphatic hydroxyl groups excluding tert-OH is 2. The molecule has 186 valence electrons. The average molecular weight is 505 g/mol. The molecule has 3 aromatic rings. The van der Waals surface area contributed by atoms with E-state index in [0.717, 1.165) is 5.56 Å². The molecule has 3 rings (SSSR count). The Labute approximate surface area is 232 Å². The number of amides is 1. The monoisotopic (exact) mass is 504 g/mol. The van der Waals surface area contributed by atoms with Gasteiger partial charge in [-0.1, -0.05) is 48.5 Å². The number of carbonyl (C=O) groups is 2. The van der Waals surface area contributed by atoms with E-state index in [1.165, 1.54) is 18.2 Å². The summed E-state index contributed by atoms with van der Waals surface area (Å²) in [7, 11) is 0. The largest absolute Gasteiger partial charge is 1.00 e. The SMILES string of the molecule is CC(C)n1c(C=C[C@@H](O)C[C@@H](O)CC(=O)O)c(-c2ccc(F)cc2)c(-c2ccccc2)c1C(N)=O.[H-].[Na+]. The van der Waals surface area contributed by atoms with Gasteiger partial charge in [-0.15, -0.1) is 0 Å². The van der Waals surface area contributed by atoms with E-state index in [1.807, 2.05) is 44.2 Å². The number of benzene rings is 2. The van der Waals surface area contributed by atoms with Gasteiger partial charge in [0, 0.05) is 29.3 Å². The molecule has 0 aliphatic carbocycles. The zero-order valence-corrected chi connectivity index (χ0v) is 22.6. The van der Waals surface area contributed by atoms with Crippen molar-refractivity contribution in [1.29, 1.82) is 0 Å². The molecule has 7 nitrogen and oxygen atoms in total. The van der Waals surface area contributed by atoms with Crippen molar-refractivity contribution in [2.45, 2.75) is 44.9 Å². The number of aromatic nitrogens is 1. The molecule has 0 fully saturated rings. The number of carboxylic acids is 1. The number of nitrogens with two attached hydrogens (primary N) is 1. The Morgan fingerprint density at radius 2 is 1.61 bits per heavy atom. The van der Waals surface area contributed by atoms with Gasteiger partial charge in [0.15, 0.2) is 0 Å². The summed E-state index contributed by atoms with van der Waals surface area (Å²) in [5, 5.41) is 29.2. The summed E-state index contributed by atoms with van der Waals surface area (Å²) in [6, 6.07) is 14.9. The number of hydrogen-bond acceptors (Lipinski definition) is 4. The number of hydrogen-bond donors (Lipinski definition) is 4. The van der Waals surface area contributed by atoms with Crippen molar-refractivity contribution in [1.82, 2.24) is 4.57 Å². The van der Waals surface area contributed by atoms with Crippen molar-refractivity contribution in [2.24, 2.45) is 5.73 Å². The molecule has 1 heterocycles. The topological polar surface area (TPSA) is 126 Å². The van der Waals surface area contributed by atoms with Gasteiger partial charge in [-0.2, -0.15) is 0 Å². The normalized spacial score (nSPS) is 12.9. The van der Waals surface area contributed by atoms with Crippen molar-refractivity contribution < 1.29 is 60.3 Å². The predicted octanol–water partition coefficient (Wildman–Crippen LogP) is 1.36. The van der Waals surface area contributed by atoms with Gasteiger partial charge in [0.05, 0.1) is 18.6 Å². The Hall–Kier alpha value is -2.75. The number of carboxylic acid groups (broad SMARTS) is 1. The molecule has 0 unspecified atom stereocenters. The van der Waals surface area contributed by atoms with Crippen LogP contribution in [0.3, 0.4) is 0 Å². The Bertz CT molecular complexity index is 1230. The molecule has 5 N–H and O–H groups in total. The second-order valence-corrected chi connectivity index (χ2v) is 8.60. The number of halogens is 1. The fraction of sp³-hybridized carbons (Fsp3) is 0.259. The zero-order valence-electron chi connectivity index (χ0n) is 21.6. The summed E-state index contributed by atoms with van der Waals surface area (Å²) >= 11 is 0. The number of carbonyl (C=O) groups excluding carboxylic acids is 1. The van der Waals surface area contributed by atoms with Gasteiger partial charge in [-0.25, -0.2) is 4.39 Å². The second kappa shape index (κ2) is 13.0. The van der Waals surface area contributed by atoms with E-state index in [0.29, 0.717) is 22.4 Å². The minimum Gasteiger partial charge on any atom is -1.00 e. The van der Waals surface area contributed by atoms with Gasteiger partial charge in [0.25, 0.3) is 5.91 Å². The van der Waals surface area contributed by atoms with Crippen LogP contribution in [0.25, 0.3) is 28.3 Å². The molecule has 36 heavy (non-hydrogen) atoms. The van der Waals surface area contributed by atoms with Crippen LogP contribution >= 0.6 is 0 Å². The molecule has 0 saturated heterocycles. The van der Waals surface area contributed by atoms with Gasteiger partial charge in [0.2, 0.25) is 0 Å². The quantitative estimate of drug-likeness (QED) is 0.310. The van der Waals surface area contributed by atoms with Gasteiger partial charge < -0.3 is 27.0 Å². The molecule has 2 aromatic carbocycles. The summed E-state index contributed by atoms with van der Waals surface area (Å²) in [4.78, 5) is 23.6. The van der Waals surface area contributed by atoms with Crippen LogP contribution in [0.5, 0.6) is 0 Å². The van der Waals surface area contributed by atoms with Crippen LogP contribution in [-0.4, -0.2) is 44.0 Å². The van der Waals surface area contributed by atoms with Crippen molar-refractivity contribution in [3.8, 4) is 22.3 Å². The fourth-order valence-corrected chi connectivity index (χ4v) is 4.19. The molecular weight excluding hydrogens is 474 g/mol. The average Bonchev–Trinajstić information content (AvgIpc) is 3.14. The van der Waals surface area contributed by atoms with Crippen molar-refractivity contribution in [3.05, 3.63) is 77.9 Å². The number of rotatable bonds is 10. The standard InChI is InChI=1S/C27H29FN2O5.Na.H/c1-16(2)30-22(13-12-20(31)14-21(32)15-23(33)34)24(18-8-10-19(28)11-9-18)25(26(30)27(29)35)17-6-4-3-5-7-17;;/h3-13,16,20-21,31-32H,14-15H2,1-2H3,(H2,29,35)(H,33,34);;/q;+1;-1/t20-,21-;;/m1../s1. The number of primary amides is 1. The third-order valence-electron chi connectivity index (χ3n) is 5.59. The summed E-state index contributed by atoms with van der Waals surface area (Å²) in [6.07, 6.45) is 0.0325. The predicted molar refractivity (Wildman–Crippen MR) is 133 cm³/mol. The summed E-state index contributed by atoms with van der Waals surface area (Å²) in [5.74, 6) is -2.22. The van der Waals surface area contributed by atoms with E-state index in [2.05, 4.69) is 0 Å². The summed E-state index contributed by atoms with van der Waals surface area (Å²) in [6.45, 7) is 3.78. The van der Waals surface area contributed by atoms with Crippen LogP contribution < -0.4 is 35.3 Å². The first-order valence-electron chi connectivity index (χ1n) is 11.3. The third-order valence-corrected chi connectivity index (χ3v) is 5.59. The maximum absolute atomic E-state index is 13.7. The molecule has 0 bridgehead atoms. The Kier molecular flexibility index (Phi) is 10.6. The van der Waals surface area contributed by atoms with Gasteiger partial charge >= 0.3 is 35.5 Å². The smallest absolute Gasteiger partial charge is 1.00 e. The van der Waals surface area contributed by atoms with E-state index in [1.54, 1.807) is 22.8 Å². The molecule has 2 atom stereocenters. The van der Waals surface area contributed by atoms with Gasteiger partial charge in [-0.05, 0) is 43.2 Å². The third kappa shape index (κ3) is 6.93. The molecule has 0 spiro atoms. The van der Waals surface area contributed by atoms with E-state index in [9.17, 15) is 24.2 Å². The number of nitrogens with zero attached hydrogens (tertiary/aromatic N) is 1. The first-order chi connectivity index (χ1) is 16.6. The van der Waals surface area contributed by atoms with Crippen LogP contribution in [-0.2, 0) is 4.79 Å². The Morgan fingerprint density at radius 3 is 2.14 bits per heavy atom. The van der Waals surface area contributed by atoms with Gasteiger partial charge in [-0.3, -0.25) is 9.59 Å². The van der Waals surface area contributed by atoms with E-state index in [-0.39, 0.29) is 49.1 Å². The first-order valence-corrected chi connectivity index (χ1v) is 11.3. The molecule has 0 aliphatic rings. The molecule has 9 heteroatoms. The number of aliphatic carboxylic acids is 1. The maximum atomic E-state index is 13.7. The molecule has 0 saturated carbocycles. The Morgan fingerprint density at radius 1 is 1.03 bits per heavy atom.